The Morgan fingerprint density at radius 2 is 2.10 bits per heavy atom. The summed E-state index contributed by atoms with van der Waals surface area (Å²) in [5, 5.41) is 6.25. The number of thioether (sulfide) groups is 1. The van der Waals surface area contributed by atoms with Crippen LogP contribution in [0, 0.1) is 0 Å². The monoisotopic (exact) mass is 307 g/mol. The van der Waals surface area contributed by atoms with Crippen LogP contribution in [0.5, 0.6) is 0 Å². The molecule has 0 radical (unpaired) electrons. The maximum Gasteiger partial charge on any atom is 0.251 e. The molecule has 1 fully saturated rings. The maximum atomic E-state index is 11.8. The smallest absolute Gasteiger partial charge is 0.251 e. The van der Waals surface area contributed by atoms with Crippen molar-refractivity contribution in [2.45, 2.75) is 37.4 Å². The second-order valence-electron chi connectivity index (χ2n) is 5.61. The van der Waals surface area contributed by atoms with Gasteiger partial charge in [0.15, 0.2) is 0 Å². The number of nitrogens with one attached hydrogen (secondary N) is 2. The molecule has 1 aliphatic rings. The minimum atomic E-state index is -0.0767. The van der Waals surface area contributed by atoms with Crippen LogP contribution >= 0.6 is 11.8 Å². The van der Waals surface area contributed by atoms with Crippen molar-refractivity contribution in [2.24, 2.45) is 0 Å². The number of carbonyl (C=O) groups is 1. The van der Waals surface area contributed by atoms with Crippen molar-refractivity contribution >= 4 is 29.0 Å². The van der Waals surface area contributed by atoms with Gasteiger partial charge in [0.05, 0.1) is 11.4 Å². The predicted octanol–water partition coefficient (Wildman–Crippen LogP) is 3.11. The number of rotatable bonds is 6. The van der Waals surface area contributed by atoms with Crippen LogP contribution in [0.1, 0.15) is 43.0 Å². The molecule has 1 aromatic carbocycles. The first-order chi connectivity index (χ1) is 10.1. The van der Waals surface area contributed by atoms with E-state index in [2.05, 4.69) is 16.9 Å². The van der Waals surface area contributed by atoms with E-state index in [1.165, 1.54) is 25.7 Å². The fraction of sp³-hybridized carbons (Fsp3) is 0.562. The van der Waals surface area contributed by atoms with Crippen molar-refractivity contribution in [3.8, 4) is 0 Å². The zero-order chi connectivity index (χ0) is 15.3. The van der Waals surface area contributed by atoms with Crippen molar-refractivity contribution in [3.63, 3.8) is 0 Å². The van der Waals surface area contributed by atoms with Crippen molar-refractivity contribution in [3.05, 3.63) is 23.8 Å². The molecule has 0 bridgehead atoms. The van der Waals surface area contributed by atoms with E-state index in [1.54, 1.807) is 6.07 Å². The number of hydrogen-bond donors (Lipinski definition) is 3. The van der Waals surface area contributed by atoms with E-state index in [0.29, 0.717) is 22.5 Å². The molecule has 21 heavy (non-hydrogen) atoms. The summed E-state index contributed by atoms with van der Waals surface area (Å²) >= 11 is 1.95. The number of hydrogen-bond acceptors (Lipinski definition) is 4. The van der Waals surface area contributed by atoms with Gasteiger partial charge in [0.1, 0.15) is 0 Å². The summed E-state index contributed by atoms with van der Waals surface area (Å²) in [6.07, 6.45) is 7.34. The standard InChI is InChI=1S/C16H25N3OS/c1-3-18-15(20)12-6-7-14(13(17)10-12)19-11-16(21-2)8-4-5-9-16/h6-7,10,19H,3-5,8-9,11,17H2,1-2H3,(H,18,20). The summed E-state index contributed by atoms with van der Waals surface area (Å²) < 4.78 is 0.338. The summed E-state index contributed by atoms with van der Waals surface area (Å²) in [5.74, 6) is -0.0767. The lowest BCUT2D eigenvalue weighted by Gasteiger charge is -2.27. The van der Waals surface area contributed by atoms with Crippen molar-refractivity contribution in [1.29, 1.82) is 0 Å². The highest BCUT2D eigenvalue weighted by Gasteiger charge is 2.32. The summed E-state index contributed by atoms with van der Waals surface area (Å²) in [6, 6.07) is 5.47. The van der Waals surface area contributed by atoms with Crippen molar-refractivity contribution in [1.82, 2.24) is 5.32 Å². The fourth-order valence-electron chi connectivity index (χ4n) is 2.86. The van der Waals surface area contributed by atoms with E-state index >= 15 is 0 Å². The highest BCUT2D eigenvalue weighted by molar-refractivity contribution is 8.00. The molecule has 4 nitrogen and oxygen atoms in total. The molecule has 0 atom stereocenters. The molecule has 1 aromatic rings. The largest absolute Gasteiger partial charge is 0.397 e. The Hall–Kier alpha value is -1.36. The molecule has 2 rings (SSSR count). The molecule has 5 heteroatoms. The molecule has 0 aromatic heterocycles. The Morgan fingerprint density at radius 3 is 2.67 bits per heavy atom. The molecule has 0 unspecified atom stereocenters. The van der Waals surface area contributed by atoms with Gasteiger partial charge in [-0.25, -0.2) is 0 Å². The third-order valence-electron chi connectivity index (χ3n) is 4.20. The van der Waals surface area contributed by atoms with E-state index in [1.807, 2.05) is 30.8 Å². The van der Waals surface area contributed by atoms with Gasteiger partial charge >= 0.3 is 0 Å². The molecule has 116 valence electrons. The second-order valence-corrected chi connectivity index (χ2v) is 6.88. The normalized spacial score (nSPS) is 16.7. The van der Waals surface area contributed by atoms with Gasteiger partial charge in [-0.05, 0) is 44.2 Å². The lowest BCUT2D eigenvalue weighted by molar-refractivity contribution is 0.0956. The highest BCUT2D eigenvalue weighted by Crippen LogP contribution is 2.40. The van der Waals surface area contributed by atoms with Crippen LogP contribution < -0.4 is 16.4 Å². The second kappa shape index (κ2) is 7.07. The Bertz CT molecular complexity index is 498. The lowest BCUT2D eigenvalue weighted by atomic mass is 10.1. The SMILES string of the molecule is CCNC(=O)c1ccc(NCC2(SC)CCCC2)c(N)c1. The number of amides is 1. The summed E-state index contributed by atoms with van der Waals surface area (Å²) in [4.78, 5) is 11.8. The zero-order valence-corrected chi connectivity index (χ0v) is 13.7. The Morgan fingerprint density at radius 1 is 1.38 bits per heavy atom. The number of benzene rings is 1. The molecular weight excluding hydrogens is 282 g/mol. The Kier molecular flexibility index (Phi) is 5.39. The number of anilines is 2. The molecule has 4 N–H and O–H groups in total. The van der Waals surface area contributed by atoms with E-state index in [-0.39, 0.29) is 5.91 Å². The van der Waals surface area contributed by atoms with E-state index in [4.69, 9.17) is 5.73 Å². The summed E-state index contributed by atoms with van der Waals surface area (Å²) in [6.45, 7) is 3.45. The first kappa shape index (κ1) is 16.0. The van der Waals surface area contributed by atoms with Gasteiger partial charge in [0.25, 0.3) is 5.91 Å². The molecule has 0 aliphatic heterocycles. The van der Waals surface area contributed by atoms with E-state index in [0.717, 1.165) is 12.2 Å². The number of carbonyl (C=O) groups excluding carboxylic acids is 1. The molecule has 0 heterocycles. The van der Waals surface area contributed by atoms with Gasteiger partial charge < -0.3 is 16.4 Å². The first-order valence-electron chi connectivity index (χ1n) is 7.57. The maximum absolute atomic E-state index is 11.8. The van der Waals surface area contributed by atoms with Gasteiger partial charge in [-0.2, -0.15) is 11.8 Å². The summed E-state index contributed by atoms with van der Waals surface area (Å²) in [5.41, 5.74) is 8.24. The fourth-order valence-corrected chi connectivity index (χ4v) is 3.77. The van der Waals surface area contributed by atoms with Crippen LogP contribution in [-0.4, -0.2) is 30.0 Å². The van der Waals surface area contributed by atoms with E-state index < -0.39 is 0 Å². The highest BCUT2D eigenvalue weighted by atomic mass is 32.2. The van der Waals surface area contributed by atoms with Gasteiger partial charge in [-0.15, -0.1) is 0 Å². The van der Waals surface area contributed by atoms with Gasteiger partial charge in [0.2, 0.25) is 0 Å². The minimum Gasteiger partial charge on any atom is -0.397 e. The molecule has 1 saturated carbocycles. The first-order valence-corrected chi connectivity index (χ1v) is 8.79. The molecule has 1 amide bonds. The zero-order valence-electron chi connectivity index (χ0n) is 12.9. The molecule has 1 aliphatic carbocycles. The van der Waals surface area contributed by atoms with Gasteiger partial charge in [-0.3, -0.25) is 4.79 Å². The Balaban J connectivity index is 2.02. The molecule has 0 saturated heterocycles. The van der Waals surface area contributed by atoms with Crippen LogP contribution in [-0.2, 0) is 0 Å². The van der Waals surface area contributed by atoms with Crippen molar-refractivity contribution < 1.29 is 4.79 Å². The lowest BCUT2D eigenvalue weighted by Crippen LogP contribution is -2.30. The Labute approximate surface area is 131 Å². The molecular formula is C16H25N3OS. The topological polar surface area (TPSA) is 67.2 Å². The van der Waals surface area contributed by atoms with E-state index in [9.17, 15) is 4.79 Å². The van der Waals surface area contributed by atoms with Crippen molar-refractivity contribution in [2.75, 3.05) is 30.4 Å². The van der Waals surface area contributed by atoms with Crippen LogP contribution in [0.15, 0.2) is 18.2 Å². The minimum absolute atomic E-state index is 0.0767. The third kappa shape index (κ3) is 3.84. The van der Waals surface area contributed by atoms with Crippen LogP contribution in [0.3, 0.4) is 0 Å². The van der Waals surface area contributed by atoms with Crippen LogP contribution in [0.4, 0.5) is 11.4 Å². The van der Waals surface area contributed by atoms with Crippen LogP contribution in [0.25, 0.3) is 0 Å². The van der Waals surface area contributed by atoms with Gasteiger partial charge in [0, 0.05) is 23.4 Å². The van der Waals surface area contributed by atoms with Gasteiger partial charge in [-0.1, -0.05) is 12.8 Å². The average Bonchev–Trinajstić information content (AvgIpc) is 2.95. The molecule has 0 spiro atoms. The number of nitrogens with two attached hydrogens (primary N) is 1. The predicted molar refractivity (Wildman–Crippen MR) is 92.1 cm³/mol. The number of nitrogen functional groups attached to an aromatic ring is 1. The quantitative estimate of drug-likeness (QED) is 0.707. The summed E-state index contributed by atoms with van der Waals surface area (Å²) in [7, 11) is 0. The van der Waals surface area contributed by atoms with Crippen LogP contribution in [0.2, 0.25) is 0 Å². The average molecular weight is 307 g/mol. The third-order valence-corrected chi connectivity index (χ3v) is 5.62.